The molecule has 1 unspecified atom stereocenters. The van der Waals surface area contributed by atoms with Crippen molar-refractivity contribution in [3.63, 3.8) is 0 Å². The molecule has 1 aliphatic heterocycles. The lowest BCUT2D eigenvalue weighted by molar-refractivity contribution is -0.137. The molecule has 2 amide bonds. The molecule has 0 spiro atoms. The Bertz CT molecular complexity index is 1110. The standard InChI is InChI=1S/C26H40N6O9/c1-26(2,3)41-25(37)30-9-4-5-20(17-30)24(36)32(21-6-7-22(33)31(18-21)19-23(34)35)10-12-39-14-16-40-15-13-38-11-8-28-29-27/h6-7,18,20H,4-5,8-17,19H2,1-3H3,(H,34,35). The first-order chi connectivity index (χ1) is 19.5. The van der Waals surface area contributed by atoms with Crippen LogP contribution in [0.2, 0.25) is 0 Å². The fourth-order valence-corrected chi connectivity index (χ4v) is 4.05. The van der Waals surface area contributed by atoms with E-state index < -0.39 is 35.7 Å². The van der Waals surface area contributed by atoms with Crippen LogP contribution in [0.5, 0.6) is 0 Å². The number of azide groups is 1. The number of anilines is 1. The van der Waals surface area contributed by atoms with E-state index in [1.165, 1.54) is 28.1 Å². The monoisotopic (exact) mass is 580 g/mol. The zero-order valence-electron chi connectivity index (χ0n) is 23.9. The number of carbonyl (C=O) groups excluding carboxylic acids is 2. The number of hydrogen-bond donors (Lipinski definition) is 1. The van der Waals surface area contributed by atoms with Gasteiger partial charge in [0.25, 0.3) is 5.56 Å². The molecule has 228 valence electrons. The number of amides is 2. The predicted octanol–water partition coefficient (Wildman–Crippen LogP) is 2.27. The Morgan fingerprint density at radius 3 is 2.39 bits per heavy atom. The number of pyridine rings is 1. The molecule has 2 heterocycles. The second-order valence-corrected chi connectivity index (χ2v) is 10.3. The van der Waals surface area contributed by atoms with E-state index in [1.54, 1.807) is 20.8 Å². The van der Waals surface area contributed by atoms with Gasteiger partial charge in [-0.2, -0.15) is 0 Å². The van der Waals surface area contributed by atoms with Crippen LogP contribution in [0.25, 0.3) is 10.4 Å². The highest BCUT2D eigenvalue weighted by Crippen LogP contribution is 2.24. The third kappa shape index (κ3) is 12.6. The second kappa shape index (κ2) is 17.2. The van der Waals surface area contributed by atoms with Gasteiger partial charge in [0.15, 0.2) is 0 Å². The van der Waals surface area contributed by atoms with E-state index in [-0.39, 0.29) is 38.8 Å². The Morgan fingerprint density at radius 1 is 1.10 bits per heavy atom. The Hall–Kier alpha value is -3.65. The van der Waals surface area contributed by atoms with Crippen LogP contribution in [0, 0.1) is 5.92 Å². The maximum atomic E-state index is 13.7. The quantitative estimate of drug-likeness (QED) is 0.132. The van der Waals surface area contributed by atoms with Gasteiger partial charge in [-0.3, -0.25) is 14.4 Å². The first kappa shape index (κ1) is 33.6. The Morgan fingerprint density at radius 2 is 1.76 bits per heavy atom. The number of hydrogen-bond acceptors (Lipinski definition) is 9. The molecule has 0 bridgehead atoms. The Kier molecular flexibility index (Phi) is 14.1. The fourth-order valence-electron chi connectivity index (χ4n) is 4.05. The number of piperidine rings is 1. The summed E-state index contributed by atoms with van der Waals surface area (Å²) >= 11 is 0. The van der Waals surface area contributed by atoms with Crippen LogP contribution >= 0.6 is 0 Å². The van der Waals surface area contributed by atoms with E-state index in [0.29, 0.717) is 51.5 Å². The summed E-state index contributed by atoms with van der Waals surface area (Å²) in [6.07, 6.45) is 2.03. The van der Waals surface area contributed by atoms with Crippen LogP contribution in [0.15, 0.2) is 28.2 Å². The van der Waals surface area contributed by atoms with E-state index in [9.17, 15) is 24.3 Å². The van der Waals surface area contributed by atoms with Crippen LogP contribution in [0.3, 0.4) is 0 Å². The van der Waals surface area contributed by atoms with Crippen molar-refractivity contribution in [1.82, 2.24) is 9.47 Å². The molecule has 1 aliphatic rings. The lowest BCUT2D eigenvalue weighted by Gasteiger charge is -2.35. The molecule has 1 fully saturated rings. The van der Waals surface area contributed by atoms with Gasteiger partial charge in [-0.05, 0) is 45.2 Å². The highest BCUT2D eigenvalue weighted by Gasteiger charge is 2.33. The summed E-state index contributed by atoms with van der Waals surface area (Å²) in [4.78, 5) is 55.4. The van der Waals surface area contributed by atoms with Crippen molar-refractivity contribution in [1.29, 1.82) is 0 Å². The number of likely N-dealkylation sites (tertiary alicyclic amines) is 1. The molecule has 2 rings (SSSR count). The molecule has 15 nitrogen and oxygen atoms in total. The highest BCUT2D eigenvalue weighted by atomic mass is 16.6. The second-order valence-electron chi connectivity index (χ2n) is 10.3. The summed E-state index contributed by atoms with van der Waals surface area (Å²) < 4.78 is 22.8. The predicted molar refractivity (Wildman–Crippen MR) is 148 cm³/mol. The molecule has 0 saturated carbocycles. The van der Waals surface area contributed by atoms with Gasteiger partial charge in [0.05, 0.1) is 51.2 Å². The lowest BCUT2D eigenvalue weighted by atomic mass is 9.96. The maximum absolute atomic E-state index is 13.7. The van der Waals surface area contributed by atoms with Gasteiger partial charge in [0.2, 0.25) is 5.91 Å². The van der Waals surface area contributed by atoms with Gasteiger partial charge in [0.1, 0.15) is 12.1 Å². The molecule has 15 heteroatoms. The normalized spacial score (nSPS) is 15.2. The molecular weight excluding hydrogens is 540 g/mol. The van der Waals surface area contributed by atoms with Crippen LogP contribution in [-0.2, 0) is 35.1 Å². The average Bonchev–Trinajstić information content (AvgIpc) is 2.91. The third-order valence-corrected chi connectivity index (χ3v) is 5.88. The number of ether oxygens (including phenoxy) is 4. The summed E-state index contributed by atoms with van der Waals surface area (Å²) in [5.74, 6) is -1.97. The summed E-state index contributed by atoms with van der Waals surface area (Å²) in [5.41, 5.74) is 7.39. The number of aromatic nitrogens is 1. The van der Waals surface area contributed by atoms with Crippen molar-refractivity contribution in [3.05, 3.63) is 39.1 Å². The lowest BCUT2D eigenvalue weighted by Crippen LogP contribution is -2.49. The minimum atomic E-state index is -1.19. The number of carbonyl (C=O) groups is 3. The minimum absolute atomic E-state index is 0.134. The number of carboxylic acids is 1. The van der Waals surface area contributed by atoms with Crippen molar-refractivity contribution < 1.29 is 38.4 Å². The van der Waals surface area contributed by atoms with Gasteiger partial charge in [0, 0.05) is 43.4 Å². The van der Waals surface area contributed by atoms with Crippen molar-refractivity contribution in [2.45, 2.75) is 45.8 Å². The van der Waals surface area contributed by atoms with E-state index in [1.807, 2.05) is 0 Å². The smallest absolute Gasteiger partial charge is 0.410 e. The zero-order chi connectivity index (χ0) is 30.3. The molecule has 1 aromatic heterocycles. The van der Waals surface area contributed by atoms with Gasteiger partial charge in [-0.25, -0.2) is 4.79 Å². The molecule has 0 aliphatic carbocycles. The van der Waals surface area contributed by atoms with Crippen molar-refractivity contribution in [2.24, 2.45) is 11.0 Å². The fraction of sp³-hybridized carbons (Fsp3) is 0.692. The number of aliphatic carboxylic acids is 1. The Labute approximate surface area is 238 Å². The van der Waals surface area contributed by atoms with Crippen LogP contribution in [0.4, 0.5) is 10.5 Å². The highest BCUT2D eigenvalue weighted by molar-refractivity contribution is 5.95. The van der Waals surface area contributed by atoms with Gasteiger partial charge in [-0.15, -0.1) is 0 Å². The molecular formula is C26H40N6O9. The van der Waals surface area contributed by atoms with Gasteiger partial charge >= 0.3 is 12.1 Å². The minimum Gasteiger partial charge on any atom is -0.480 e. The molecule has 1 saturated heterocycles. The summed E-state index contributed by atoms with van der Waals surface area (Å²) in [6, 6.07) is 2.69. The SMILES string of the molecule is CC(C)(C)OC(=O)N1CCCC(C(=O)N(CCOCCOCCOCCN=[N+]=[N-])c2ccc(=O)n(CC(=O)O)c2)C1. The summed E-state index contributed by atoms with van der Waals surface area (Å²) in [6.45, 7) is 7.52. The van der Waals surface area contributed by atoms with Crippen molar-refractivity contribution in [2.75, 3.05) is 70.7 Å². The van der Waals surface area contributed by atoms with Crippen molar-refractivity contribution in [3.8, 4) is 0 Å². The number of carboxylic acid groups (broad SMARTS) is 1. The molecule has 41 heavy (non-hydrogen) atoms. The topological polar surface area (TPSA) is 186 Å². The van der Waals surface area contributed by atoms with Crippen LogP contribution in [0.1, 0.15) is 33.6 Å². The third-order valence-electron chi connectivity index (χ3n) is 5.88. The van der Waals surface area contributed by atoms with E-state index >= 15 is 0 Å². The number of rotatable bonds is 16. The Balaban J connectivity index is 2.01. The van der Waals surface area contributed by atoms with Crippen LogP contribution < -0.4 is 10.5 Å². The van der Waals surface area contributed by atoms with Crippen LogP contribution in [-0.4, -0.2) is 104 Å². The van der Waals surface area contributed by atoms with Crippen molar-refractivity contribution >= 4 is 23.7 Å². The molecule has 0 radical (unpaired) electrons. The largest absolute Gasteiger partial charge is 0.480 e. The van der Waals surface area contributed by atoms with E-state index in [4.69, 9.17) is 24.5 Å². The number of nitrogens with zero attached hydrogens (tertiary/aromatic N) is 6. The first-order valence-corrected chi connectivity index (χ1v) is 13.5. The van der Waals surface area contributed by atoms with E-state index in [0.717, 1.165) is 4.57 Å². The van der Waals surface area contributed by atoms with Gasteiger partial charge < -0.3 is 38.4 Å². The van der Waals surface area contributed by atoms with Gasteiger partial charge in [-0.1, -0.05) is 5.11 Å². The summed E-state index contributed by atoms with van der Waals surface area (Å²) in [7, 11) is 0. The summed E-state index contributed by atoms with van der Waals surface area (Å²) in [5, 5.41) is 12.5. The average molecular weight is 581 g/mol. The molecule has 1 aromatic rings. The molecule has 0 aromatic carbocycles. The van der Waals surface area contributed by atoms with E-state index in [2.05, 4.69) is 10.0 Å². The molecule has 1 N–H and O–H groups in total. The maximum Gasteiger partial charge on any atom is 0.410 e. The zero-order valence-corrected chi connectivity index (χ0v) is 23.9. The first-order valence-electron chi connectivity index (χ1n) is 13.5. The molecule has 1 atom stereocenters.